The van der Waals surface area contributed by atoms with Gasteiger partial charge in [0.25, 0.3) is 11.8 Å². The number of nitrogens with zero attached hydrogens (tertiary/aromatic N) is 2. The zero-order valence-corrected chi connectivity index (χ0v) is 18.5. The third kappa shape index (κ3) is 6.60. The summed E-state index contributed by atoms with van der Waals surface area (Å²) in [7, 11) is 6.11. The van der Waals surface area contributed by atoms with E-state index in [2.05, 4.69) is 10.6 Å². The summed E-state index contributed by atoms with van der Waals surface area (Å²) in [5.41, 5.74) is -1.67. The molecule has 0 bridgehead atoms. The van der Waals surface area contributed by atoms with Crippen LogP contribution in [0.15, 0.2) is 0 Å². The first-order valence-electron chi connectivity index (χ1n) is 5.42. The third-order valence-corrected chi connectivity index (χ3v) is 2.85. The van der Waals surface area contributed by atoms with Crippen LogP contribution in [0.1, 0.15) is 0 Å². The molecule has 0 radical (unpaired) electrons. The van der Waals surface area contributed by atoms with E-state index in [1.807, 2.05) is 0 Å². The summed E-state index contributed by atoms with van der Waals surface area (Å²) in [6.07, 6.45) is 0. The van der Waals surface area contributed by atoms with Gasteiger partial charge in [-0.1, -0.05) is 8.64 Å². The van der Waals surface area contributed by atoms with Crippen LogP contribution in [0.4, 0.5) is 0 Å². The van der Waals surface area contributed by atoms with Gasteiger partial charge in [0.15, 0.2) is 0 Å². The summed E-state index contributed by atoms with van der Waals surface area (Å²) >= 11 is 19.1. The van der Waals surface area contributed by atoms with Crippen LogP contribution in [0.5, 0.6) is 0 Å². The van der Waals surface area contributed by atoms with Gasteiger partial charge in [-0.15, -0.1) is 0 Å². The number of likely N-dealkylation sites (N-methyl/N-ethyl adjacent to an activating group) is 2. The molecule has 0 aromatic rings. The molecule has 0 aromatic heterocycles. The van der Waals surface area contributed by atoms with Crippen LogP contribution in [-0.4, -0.2) is 70.5 Å². The minimum Gasteiger partial charge on any atom is -0.412 e. The second kappa shape index (κ2) is 9.73. The van der Waals surface area contributed by atoms with Crippen molar-refractivity contribution in [3.05, 3.63) is 0 Å². The van der Waals surface area contributed by atoms with Gasteiger partial charge in [0.05, 0.1) is 6.54 Å². The number of carbonyl (C=O) groups is 2. The Hall–Kier alpha value is -0.217. The number of amides is 2. The summed E-state index contributed by atoms with van der Waals surface area (Å²) in [5, 5.41) is 5.25. The zero-order valence-electron chi connectivity index (χ0n) is 12.3. The van der Waals surface area contributed by atoms with Gasteiger partial charge in [0.2, 0.25) is 5.54 Å². The van der Waals surface area contributed by atoms with Crippen LogP contribution in [0, 0.1) is 0 Å². The molecule has 21 heavy (non-hydrogen) atoms. The largest absolute Gasteiger partial charge is 2.00 e. The molecule has 0 saturated heterocycles. The molecule has 0 aliphatic rings. The summed E-state index contributed by atoms with van der Waals surface area (Å²) in [4.78, 5) is 27.5. The Bertz CT molecular complexity index is 411. The van der Waals surface area contributed by atoms with E-state index in [9.17, 15) is 9.59 Å². The molecule has 0 spiro atoms. The molecule has 0 rings (SSSR count). The van der Waals surface area contributed by atoms with E-state index in [0.717, 1.165) is 0 Å². The molecule has 0 aromatic carbocycles. The quantitative estimate of drug-likeness (QED) is 0.249. The van der Waals surface area contributed by atoms with Gasteiger partial charge in [-0.3, -0.25) is 9.59 Å². The van der Waals surface area contributed by atoms with Crippen molar-refractivity contribution in [2.45, 2.75) is 5.54 Å². The van der Waals surface area contributed by atoms with E-state index in [0.29, 0.717) is 0 Å². The van der Waals surface area contributed by atoms with E-state index < -0.39 is 17.4 Å². The van der Waals surface area contributed by atoms with Gasteiger partial charge in [-0.05, 0) is 0 Å². The van der Waals surface area contributed by atoms with Crippen LogP contribution in [-0.2, 0) is 54.3 Å². The Labute approximate surface area is 159 Å². The maximum atomic E-state index is 12.5. The fourth-order valence-electron chi connectivity index (χ4n) is 1.54. The van der Waals surface area contributed by atoms with E-state index in [1.54, 1.807) is 0 Å². The molecular formula is C10H16N4O2S4Zn. The van der Waals surface area contributed by atoms with Gasteiger partial charge in [0, 0.05) is 28.2 Å². The Morgan fingerprint density at radius 3 is 1.62 bits per heavy atom. The van der Waals surface area contributed by atoms with Crippen molar-refractivity contribution in [1.29, 1.82) is 0 Å². The molecule has 0 atom stereocenters. The van der Waals surface area contributed by atoms with Crippen molar-refractivity contribution in [2.24, 2.45) is 0 Å². The molecule has 0 aliphatic carbocycles. The van der Waals surface area contributed by atoms with Crippen LogP contribution in [0.25, 0.3) is 0 Å². The monoisotopic (exact) mass is 416 g/mol. The standard InChI is InChI=1S/C10H18N4O2S4.Zn/c1-13(2)6(15)10(12-9(19)20,5-11-8(17)18)7(16)14(3)4;/h5H2,1-4H3,(H2,11,17,18)(H2,12,19,20);/q;+2/p-2. The van der Waals surface area contributed by atoms with E-state index >= 15 is 0 Å². The van der Waals surface area contributed by atoms with Crippen LogP contribution in [0.3, 0.4) is 0 Å². The van der Waals surface area contributed by atoms with Crippen molar-refractivity contribution in [3.8, 4) is 0 Å². The van der Waals surface area contributed by atoms with Crippen LogP contribution in [0.2, 0.25) is 0 Å². The number of hydrogen-bond acceptors (Lipinski definition) is 6. The molecule has 0 fully saturated rings. The van der Waals surface area contributed by atoms with E-state index in [1.165, 1.54) is 38.0 Å². The van der Waals surface area contributed by atoms with Gasteiger partial charge in [-0.25, -0.2) is 0 Å². The molecule has 0 aliphatic heterocycles. The number of carbonyl (C=O) groups excluding carboxylic acids is 2. The molecule has 6 nitrogen and oxygen atoms in total. The first-order chi connectivity index (χ1) is 9.04. The predicted octanol–water partition coefficient (Wildman–Crippen LogP) is -1.26. The summed E-state index contributed by atoms with van der Waals surface area (Å²) in [6, 6.07) is 0. The Balaban J connectivity index is 0. The predicted molar refractivity (Wildman–Crippen MR) is 91.2 cm³/mol. The van der Waals surface area contributed by atoms with Gasteiger partial charge < -0.3 is 70.1 Å². The van der Waals surface area contributed by atoms with Crippen molar-refractivity contribution < 1.29 is 29.1 Å². The number of hydrogen-bond donors (Lipinski definition) is 2. The van der Waals surface area contributed by atoms with Crippen molar-refractivity contribution >= 4 is 70.1 Å². The number of rotatable bonds is 5. The Morgan fingerprint density at radius 2 is 1.38 bits per heavy atom. The van der Waals surface area contributed by atoms with Crippen molar-refractivity contribution in [3.63, 3.8) is 0 Å². The van der Waals surface area contributed by atoms with Crippen LogP contribution >= 0.6 is 24.4 Å². The maximum Gasteiger partial charge on any atom is 2.00 e. The molecule has 0 unspecified atom stereocenters. The topological polar surface area (TPSA) is 64.7 Å². The van der Waals surface area contributed by atoms with E-state index in [4.69, 9.17) is 49.7 Å². The summed E-state index contributed by atoms with van der Waals surface area (Å²) in [6.45, 7) is -0.139. The molecule has 0 heterocycles. The second-order valence-corrected chi connectivity index (χ2v) is 6.51. The third-order valence-electron chi connectivity index (χ3n) is 2.36. The van der Waals surface area contributed by atoms with Gasteiger partial charge >= 0.3 is 19.5 Å². The number of thiocarbonyl (C=S) groups is 2. The molecule has 11 heteroatoms. The van der Waals surface area contributed by atoms with Gasteiger partial charge in [0.1, 0.15) is 0 Å². The summed E-state index contributed by atoms with van der Waals surface area (Å²) < 4.78 is -0.0444. The minimum absolute atomic E-state index is 0. The average Bonchev–Trinajstić information content (AvgIpc) is 2.31. The molecule has 2 amide bonds. The summed E-state index contributed by atoms with van der Waals surface area (Å²) in [5.74, 6) is -0.996. The molecular weight excluding hydrogens is 402 g/mol. The fraction of sp³-hybridized carbons (Fsp3) is 0.600. The normalized spacial score (nSPS) is 9.90. The minimum atomic E-state index is -1.67. The van der Waals surface area contributed by atoms with Gasteiger partial charge in [-0.2, -0.15) is 0 Å². The first-order valence-corrected chi connectivity index (χ1v) is 7.05. The molecule has 2 N–H and O–H groups in total. The van der Waals surface area contributed by atoms with Crippen LogP contribution < -0.4 is 10.6 Å². The molecule has 114 valence electrons. The fourth-order valence-corrected chi connectivity index (χ4v) is 2.03. The SMILES string of the molecule is CN(C)C(=O)C(CNC(=S)[S-])(NC(=S)[S-])C(=O)N(C)C.[Zn+2]. The average molecular weight is 418 g/mol. The number of nitrogens with one attached hydrogen (secondary N) is 2. The Kier molecular flexibility index (Phi) is 10.7. The van der Waals surface area contributed by atoms with Crippen molar-refractivity contribution in [2.75, 3.05) is 34.7 Å². The van der Waals surface area contributed by atoms with Crippen molar-refractivity contribution in [1.82, 2.24) is 20.4 Å². The Morgan fingerprint density at radius 1 is 1.00 bits per heavy atom. The zero-order chi connectivity index (χ0) is 16.1. The molecule has 0 saturated carbocycles. The first kappa shape index (κ1) is 23.1. The smallest absolute Gasteiger partial charge is 0.412 e. The maximum absolute atomic E-state index is 12.5. The second-order valence-electron chi connectivity index (χ2n) is 4.36. The van der Waals surface area contributed by atoms with E-state index in [-0.39, 0.29) is 34.7 Å².